The quantitative estimate of drug-likeness (QED) is 0.346. The second kappa shape index (κ2) is 10.0. The average molecular weight is 464 g/mol. The Morgan fingerprint density at radius 1 is 1.12 bits per heavy atom. The highest BCUT2D eigenvalue weighted by molar-refractivity contribution is 7.07. The van der Waals surface area contributed by atoms with Crippen LogP contribution >= 0.6 is 11.3 Å². The number of amides is 1. The number of likely N-dealkylation sites (tertiary alicyclic amines) is 1. The van der Waals surface area contributed by atoms with Crippen LogP contribution in [0.4, 0.5) is 4.79 Å². The minimum Gasteiger partial charge on any atom is -0.493 e. The first-order valence-corrected chi connectivity index (χ1v) is 12.1. The number of carbonyl (C=O) groups excluding carboxylic acids is 1. The molecule has 170 valence electrons. The molecule has 0 saturated carbocycles. The van der Waals surface area contributed by atoms with Crippen molar-refractivity contribution in [3.05, 3.63) is 65.1 Å². The second-order valence-corrected chi connectivity index (χ2v) is 8.80. The molecular weight excluding hydrogens is 438 g/mol. The Hall–Kier alpha value is -3.39. The summed E-state index contributed by atoms with van der Waals surface area (Å²) in [6, 6.07) is 15.6. The fourth-order valence-electron chi connectivity index (χ4n) is 4.03. The van der Waals surface area contributed by atoms with Crippen molar-refractivity contribution in [2.75, 3.05) is 19.7 Å². The third kappa shape index (κ3) is 5.17. The van der Waals surface area contributed by atoms with E-state index in [0.717, 1.165) is 47.4 Å². The number of nitrogens with zero attached hydrogens (tertiary/aromatic N) is 3. The normalized spacial score (nSPS) is 14.5. The number of carbonyl (C=O) groups is 1. The van der Waals surface area contributed by atoms with Gasteiger partial charge in [0, 0.05) is 18.5 Å². The number of thiazole rings is 1. The van der Waals surface area contributed by atoms with Gasteiger partial charge in [0.2, 0.25) is 5.89 Å². The molecule has 1 fully saturated rings. The zero-order chi connectivity index (χ0) is 22.5. The Bertz CT molecular complexity index is 1170. The lowest BCUT2D eigenvalue weighted by Crippen LogP contribution is -2.39. The van der Waals surface area contributed by atoms with Gasteiger partial charge in [-0.15, -0.1) is 11.3 Å². The van der Waals surface area contributed by atoms with Gasteiger partial charge >= 0.3 is 6.09 Å². The molecule has 0 atom stereocenters. The summed E-state index contributed by atoms with van der Waals surface area (Å²) in [6.45, 7) is 2.26. The van der Waals surface area contributed by atoms with Gasteiger partial charge in [0.1, 0.15) is 17.9 Å². The summed E-state index contributed by atoms with van der Waals surface area (Å²) < 4.78 is 17.4. The number of ether oxygens (including phenoxy) is 2. The number of hydrogen-bond donors (Lipinski definition) is 0. The van der Waals surface area contributed by atoms with E-state index in [4.69, 9.17) is 13.9 Å². The maximum Gasteiger partial charge on any atom is 0.410 e. The highest BCUT2D eigenvalue weighted by atomic mass is 32.1. The molecule has 0 bridgehead atoms. The molecule has 7 nitrogen and oxygen atoms in total. The molecule has 0 spiro atoms. The first-order chi connectivity index (χ1) is 16.3. The average Bonchev–Trinajstić information content (AvgIpc) is 3.53. The SMILES string of the molecule is O=C(OCc1cscn1)N1CCC(CCOc2ccccc2-c2nc3ccccc3o2)CC1. The molecule has 33 heavy (non-hydrogen) atoms. The van der Waals surface area contributed by atoms with Crippen LogP contribution in [0.25, 0.3) is 22.6 Å². The summed E-state index contributed by atoms with van der Waals surface area (Å²) >= 11 is 1.50. The van der Waals surface area contributed by atoms with Crippen molar-refractivity contribution >= 4 is 28.5 Å². The number of aromatic nitrogens is 2. The number of oxazole rings is 1. The third-order valence-corrected chi connectivity index (χ3v) is 6.53. The van der Waals surface area contributed by atoms with Crippen LogP contribution < -0.4 is 4.74 Å². The third-order valence-electron chi connectivity index (χ3n) is 5.89. The van der Waals surface area contributed by atoms with E-state index in [1.54, 1.807) is 10.4 Å². The van der Waals surface area contributed by atoms with Crippen LogP contribution in [0.1, 0.15) is 25.0 Å². The Balaban J connectivity index is 1.11. The van der Waals surface area contributed by atoms with Gasteiger partial charge in [0.25, 0.3) is 0 Å². The van der Waals surface area contributed by atoms with Crippen LogP contribution in [0.15, 0.2) is 63.8 Å². The fraction of sp³-hybridized carbons (Fsp3) is 0.320. The molecule has 2 aromatic carbocycles. The maximum absolute atomic E-state index is 12.3. The first kappa shape index (κ1) is 21.5. The number of rotatable bonds is 7. The van der Waals surface area contributed by atoms with Gasteiger partial charge in [-0.05, 0) is 49.4 Å². The zero-order valence-electron chi connectivity index (χ0n) is 18.2. The molecule has 8 heteroatoms. The van der Waals surface area contributed by atoms with Crippen molar-refractivity contribution in [3.8, 4) is 17.2 Å². The predicted molar refractivity (Wildman–Crippen MR) is 126 cm³/mol. The molecule has 4 aromatic rings. The highest BCUT2D eigenvalue weighted by Gasteiger charge is 2.24. The van der Waals surface area contributed by atoms with Crippen LogP contribution in [0.3, 0.4) is 0 Å². The van der Waals surface area contributed by atoms with Gasteiger partial charge < -0.3 is 18.8 Å². The van der Waals surface area contributed by atoms with Gasteiger partial charge in [-0.1, -0.05) is 24.3 Å². The lowest BCUT2D eigenvalue weighted by atomic mass is 9.94. The van der Waals surface area contributed by atoms with Gasteiger partial charge in [0.05, 0.1) is 23.4 Å². The molecule has 0 unspecified atom stereocenters. The molecule has 1 aliphatic rings. The topological polar surface area (TPSA) is 77.7 Å². The standard InChI is InChI=1S/C25H25N3O4S/c29-25(31-15-19-16-33-17-26-19)28-12-9-18(10-13-28)11-14-30-22-7-3-1-5-20(22)24-27-21-6-2-4-8-23(21)32-24/h1-8,16-18H,9-15H2. The Kier molecular flexibility index (Phi) is 6.53. The lowest BCUT2D eigenvalue weighted by Gasteiger charge is -2.31. The van der Waals surface area contributed by atoms with Crippen molar-refractivity contribution in [2.24, 2.45) is 5.92 Å². The van der Waals surface area contributed by atoms with Crippen molar-refractivity contribution in [1.29, 1.82) is 0 Å². The Labute approximate surface area is 196 Å². The van der Waals surface area contributed by atoms with Crippen LogP contribution in [0.5, 0.6) is 5.75 Å². The maximum atomic E-state index is 12.3. The van der Waals surface area contributed by atoms with Crippen LogP contribution in [-0.4, -0.2) is 40.7 Å². The van der Waals surface area contributed by atoms with E-state index in [9.17, 15) is 4.79 Å². The monoisotopic (exact) mass is 463 g/mol. The Morgan fingerprint density at radius 2 is 1.94 bits per heavy atom. The summed E-state index contributed by atoms with van der Waals surface area (Å²) in [7, 11) is 0. The van der Waals surface area contributed by atoms with Gasteiger partial charge in [-0.3, -0.25) is 0 Å². The van der Waals surface area contributed by atoms with E-state index in [1.807, 2.05) is 53.9 Å². The minimum absolute atomic E-state index is 0.232. The molecule has 1 saturated heterocycles. The van der Waals surface area contributed by atoms with Crippen LogP contribution in [0, 0.1) is 5.92 Å². The van der Waals surface area contributed by atoms with Crippen LogP contribution in [-0.2, 0) is 11.3 Å². The molecule has 2 aromatic heterocycles. The van der Waals surface area contributed by atoms with E-state index in [-0.39, 0.29) is 12.7 Å². The van der Waals surface area contributed by atoms with Crippen LogP contribution in [0.2, 0.25) is 0 Å². The molecule has 1 aliphatic heterocycles. The number of hydrogen-bond acceptors (Lipinski definition) is 7. The van der Waals surface area contributed by atoms with E-state index in [2.05, 4.69) is 9.97 Å². The lowest BCUT2D eigenvalue weighted by molar-refractivity contribution is 0.0792. The smallest absolute Gasteiger partial charge is 0.410 e. The van der Waals surface area contributed by atoms with E-state index >= 15 is 0 Å². The molecule has 0 aliphatic carbocycles. The summed E-state index contributed by atoms with van der Waals surface area (Å²) in [5.41, 5.74) is 4.98. The van der Waals surface area contributed by atoms with E-state index < -0.39 is 0 Å². The second-order valence-electron chi connectivity index (χ2n) is 8.08. The Morgan fingerprint density at radius 3 is 2.76 bits per heavy atom. The summed E-state index contributed by atoms with van der Waals surface area (Å²) in [4.78, 5) is 22.8. The summed E-state index contributed by atoms with van der Waals surface area (Å²) in [5.74, 6) is 1.85. The number of piperidine rings is 1. The highest BCUT2D eigenvalue weighted by Crippen LogP contribution is 2.32. The number of fused-ring (bicyclic) bond motifs is 1. The van der Waals surface area contributed by atoms with Crippen molar-refractivity contribution in [1.82, 2.24) is 14.9 Å². The number of para-hydroxylation sites is 3. The van der Waals surface area contributed by atoms with Gasteiger partial charge in [-0.2, -0.15) is 0 Å². The fourth-order valence-corrected chi connectivity index (χ4v) is 4.58. The molecule has 0 radical (unpaired) electrons. The summed E-state index contributed by atoms with van der Waals surface area (Å²) in [5, 5.41) is 1.89. The minimum atomic E-state index is -0.259. The largest absolute Gasteiger partial charge is 0.493 e. The van der Waals surface area contributed by atoms with Crippen molar-refractivity contribution < 1.29 is 18.7 Å². The van der Waals surface area contributed by atoms with Crippen molar-refractivity contribution in [3.63, 3.8) is 0 Å². The first-order valence-electron chi connectivity index (χ1n) is 11.1. The summed E-state index contributed by atoms with van der Waals surface area (Å²) in [6.07, 6.45) is 2.57. The van der Waals surface area contributed by atoms with Crippen molar-refractivity contribution in [2.45, 2.75) is 25.9 Å². The molecule has 0 N–H and O–H groups in total. The molecular formula is C25H25N3O4S. The van der Waals surface area contributed by atoms with E-state index in [0.29, 0.717) is 31.5 Å². The molecule has 3 heterocycles. The van der Waals surface area contributed by atoms with Gasteiger partial charge in [0.15, 0.2) is 5.58 Å². The van der Waals surface area contributed by atoms with E-state index in [1.165, 1.54) is 11.3 Å². The zero-order valence-corrected chi connectivity index (χ0v) is 19.0. The predicted octanol–water partition coefficient (Wildman–Crippen LogP) is 5.77. The molecule has 5 rings (SSSR count). The number of benzene rings is 2. The van der Waals surface area contributed by atoms with Gasteiger partial charge in [-0.25, -0.2) is 14.8 Å². The molecule has 1 amide bonds.